The Kier molecular flexibility index (Phi) is 5.51. The second-order valence-electron chi connectivity index (χ2n) is 4.84. The molecule has 0 saturated heterocycles. The Labute approximate surface area is 136 Å². The largest absolute Gasteiger partial charge is 0.495 e. The number of nitrogens with one attached hydrogen (secondary N) is 1. The molecule has 0 radical (unpaired) electrons. The molecular formula is C17H19Cl2NO. The van der Waals surface area contributed by atoms with Crippen molar-refractivity contribution in [3.05, 3.63) is 52.0 Å². The highest BCUT2D eigenvalue weighted by atomic mass is 35.5. The van der Waals surface area contributed by atoms with E-state index in [1.165, 1.54) is 5.56 Å². The Balaban J connectivity index is 2.37. The van der Waals surface area contributed by atoms with Gasteiger partial charge in [-0.2, -0.15) is 0 Å². The second-order valence-corrected chi connectivity index (χ2v) is 5.65. The van der Waals surface area contributed by atoms with Crippen molar-refractivity contribution in [2.45, 2.75) is 19.4 Å². The van der Waals surface area contributed by atoms with Crippen LogP contribution in [0.1, 0.15) is 24.9 Å². The van der Waals surface area contributed by atoms with E-state index in [9.17, 15) is 0 Å². The van der Waals surface area contributed by atoms with Gasteiger partial charge in [0.05, 0.1) is 17.2 Å². The van der Waals surface area contributed by atoms with Crippen LogP contribution in [-0.4, -0.2) is 14.2 Å². The zero-order valence-corrected chi connectivity index (χ0v) is 13.9. The van der Waals surface area contributed by atoms with Crippen molar-refractivity contribution in [3.8, 4) is 16.9 Å². The lowest BCUT2D eigenvalue weighted by Gasteiger charge is -2.15. The van der Waals surface area contributed by atoms with Crippen molar-refractivity contribution in [3.63, 3.8) is 0 Å². The third-order valence-electron chi connectivity index (χ3n) is 3.62. The van der Waals surface area contributed by atoms with Crippen molar-refractivity contribution in [1.29, 1.82) is 0 Å². The Morgan fingerprint density at radius 3 is 2.29 bits per heavy atom. The molecule has 0 aliphatic carbocycles. The van der Waals surface area contributed by atoms with E-state index in [1.807, 2.05) is 13.1 Å². The first kappa shape index (κ1) is 16.2. The van der Waals surface area contributed by atoms with E-state index in [4.69, 9.17) is 27.9 Å². The van der Waals surface area contributed by atoms with Crippen LogP contribution >= 0.6 is 23.2 Å². The first-order valence-electron chi connectivity index (χ1n) is 6.91. The Bertz CT molecular complexity index is 607. The van der Waals surface area contributed by atoms with Gasteiger partial charge in [0.25, 0.3) is 0 Å². The molecule has 0 aliphatic heterocycles. The molecule has 1 N–H and O–H groups in total. The standard InChI is InChI=1S/C17H19Cl2NO/c1-4-16(20-2)12-7-5-11(6-8-12)13-9-15(19)17(21-3)10-14(13)18/h5-10,16,20H,4H2,1-3H3. The summed E-state index contributed by atoms with van der Waals surface area (Å²) in [7, 11) is 3.55. The van der Waals surface area contributed by atoms with Crippen molar-refractivity contribution in [1.82, 2.24) is 5.32 Å². The molecule has 4 heteroatoms. The monoisotopic (exact) mass is 323 g/mol. The average molecular weight is 324 g/mol. The molecule has 1 unspecified atom stereocenters. The molecule has 2 nitrogen and oxygen atoms in total. The van der Waals surface area contributed by atoms with Crippen LogP contribution in [0.2, 0.25) is 10.0 Å². The van der Waals surface area contributed by atoms with Gasteiger partial charge in [-0.3, -0.25) is 0 Å². The van der Waals surface area contributed by atoms with E-state index in [0.717, 1.165) is 17.5 Å². The van der Waals surface area contributed by atoms with Crippen LogP contribution in [0.25, 0.3) is 11.1 Å². The number of hydrogen-bond acceptors (Lipinski definition) is 2. The van der Waals surface area contributed by atoms with E-state index in [0.29, 0.717) is 21.8 Å². The zero-order valence-electron chi connectivity index (χ0n) is 12.4. The van der Waals surface area contributed by atoms with Gasteiger partial charge in [0.2, 0.25) is 0 Å². The summed E-state index contributed by atoms with van der Waals surface area (Å²) in [6.45, 7) is 2.16. The summed E-state index contributed by atoms with van der Waals surface area (Å²) >= 11 is 12.5. The lowest BCUT2D eigenvalue weighted by atomic mass is 9.99. The van der Waals surface area contributed by atoms with Gasteiger partial charge in [-0.25, -0.2) is 0 Å². The number of halogens is 2. The van der Waals surface area contributed by atoms with E-state index in [-0.39, 0.29) is 0 Å². The van der Waals surface area contributed by atoms with Crippen LogP contribution < -0.4 is 10.1 Å². The number of benzene rings is 2. The molecule has 21 heavy (non-hydrogen) atoms. The molecular weight excluding hydrogens is 305 g/mol. The van der Waals surface area contributed by atoms with Gasteiger partial charge in [-0.05, 0) is 30.7 Å². The average Bonchev–Trinajstić information content (AvgIpc) is 2.51. The van der Waals surface area contributed by atoms with Gasteiger partial charge < -0.3 is 10.1 Å². The van der Waals surface area contributed by atoms with Crippen LogP contribution in [0, 0.1) is 0 Å². The van der Waals surface area contributed by atoms with Gasteiger partial charge in [-0.15, -0.1) is 0 Å². The maximum absolute atomic E-state index is 6.32. The van der Waals surface area contributed by atoms with Crippen molar-refractivity contribution < 1.29 is 4.74 Å². The number of methoxy groups -OCH3 is 1. The zero-order chi connectivity index (χ0) is 15.4. The molecule has 0 fully saturated rings. The molecule has 1 atom stereocenters. The molecule has 0 bridgehead atoms. The maximum Gasteiger partial charge on any atom is 0.138 e. The van der Waals surface area contributed by atoms with Crippen LogP contribution in [-0.2, 0) is 0 Å². The molecule has 0 aliphatic rings. The molecule has 2 aromatic carbocycles. The quantitative estimate of drug-likeness (QED) is 0.801. The van der Waals surface area contributed by atoms with Crippen molar-refractivity contribution >= 4 is 23.2 Å². The topological polar surface area (TPSA) is 21.3 Å². The maximum atomic E-state index is 6.32. The van der Waals surface area contributed by atoms with E-state index >= 15 is 0 Å². The second kappa shape index (κ2) is 7.17. The first-order chi connectivity index (χ1) is 10.1. The van der Waals surface area contributed by atoms with Crippen LogP contribution in [0.3, 0.4) is 0 Å². The summed E-state index contributed by atoms with van der Waals surface area (Å²) in [5.41, 5.74) is 3.21. The van der Waals surface area contributed by atoms with E-state index in [1.54, 1.807) is 13.2 Å². The highest BCUT2D eigenvalue weighted by molar-refractivity contribution is 6.36. The third kappa shape index (κ3) is 3.52. The molecule has 0 heterocycles. The summed E-state index contributed by atoms with van der Waals surface area (Å²) in [6, 6.07) is 12.3. The summed E-state index contributed by atoms with van der Waals surface area (Å²) in [5.74, 6) is 0.586. The highest BCUT2D eigenvalue weighted by Crippen LogP contribution is 2.37. The van der Waals surface area contributed by atoms with Gasteiger partial charge in [0.1, 0.15) is 5.75 Å². The Hall–Kier alpha value is -1.22. The molecule has 0 saturated carbocycles. The fourth-order valence-corrected chi connectivity index (χ4v) is 2.91. The molecule has 0 aromatic heterocycles. The SMILES string of the molecule is CCC(NC)c1ccc(-c2cc(Cl)c(OC)cc2Cl)cc1. The van der Waals surface area contributed by atoms with Gasteiger partial charge in [0, 0.05) is 17.7 Å². The number of hydrogen-bond donors (Lipinski definition) is 1. The van der Waals surface area contributed by atoms with Crippen molar-refractivity contribution in [2.24, 2.45) is 0 Å². The lowest BCUT2D eigenvalue weighted by Crippen LogP contribution is -2.14. The van der Waals surface area contributed by atoms with E-state index < -0.39 is 0 Å². The predicted molar refractivity (Wildman–Crippen MR) is 90.5 cm³/mol. The van der Waals surface area contributed by atoms with Gasteiger partial charge in [-0.1, -0.05) is 54.4 Å². The smallest absolute Gasteiger partial charge is 0.138 e. The minimum atomic E-state index is 0.369. The summed E-state index contributed by atoms with van der Waals surface area (Å²) in [4.78, 5) is 0. The van der Waals surface area contributed by atoms with Crippen LogP contribution in [0.15, 0.2) is 36.4 Å². The Morgan fingerprint density at radius 2 is 1.76 bits per heavy atom. The molecule has 2 aromatic rings. The highest BCUT2D eigenvalue weighted by Gasteiger charge is 2.11. The minimum absolute atomic E-state index is 0.369. The Morgan fingerprint density at radius 1 is 1.10 bits per heavy atom. The number of rotatable bonds is 5. The first-order valence-corrected chi connectivity index (χ1v) is 7.67. The predicted octanol–water partition coefficient (Wildman–Crippen LogP) is 5.34. The minimum Gasteiger partial charge on any atom is -0.495 e. The molecule has 2 rings (SSSR count). The summed E-state index contributed by atoms with van der Waals surface area (Å²) in [5, 5.41) is 4.49. The summed E-state index contributed by atoms with van der Waals surface area (Å²) in [6.07, 6.45) is 1.05. The van der Waals surface area contributed by atoms with E-state index in [2.05, 4.69) is 36.5 Å². The van der Waals surface area contributed by atoms with Crippen molar-refractivity contribution in [2.75, 3.05) is 14.2 Å². The fraction of sp³-hybridized carbons (Fsp3) is 0.294. The normalized spacial score (nSPS) is 12.2. The van der Waals surface area contributed by atoms with Gasteiger partial charge in [0.15, 0.2) is 0 Å². The van der Waals surface area contributed by atoms with Gasteiger partial charge >= 0.3 is 0 Å². The van der Waals surface area contributed by atoms with Crippen LogP contribution in [0.4, 0.5) is 0 Å². The van der Waals surface area contributed by atoms with Crippen LogP contribution in [0.5, 0.6) is 5.75 Å². The summed E-state index contributed by atoms with van der Waals surface area (Å²) < 4.78 is 5.17. The fourth-order valence-electron chi connectivity index (χ4n) is 2.41. The number of ether oxygens (including phenoxy) is 1. The molecule has 0 spiro atoms. The molecule has 112 valence electrons. The third-order valence-corrected chi connectivity index (χ3v) is 4.23. The molecule has 0 amide bonds. The lowest BCUT2D eigenvalue weighted by molar-refractivity contribution is 0.415.